The summed E-state index contributed by atoms with van der Waals surface area (Å²) < 4.78 is 16.8. The van der Waals surface area contributed by atoms with Crippen molar-refractivity contribution in [2.75, 3.05) is 59.1 Å². The van der Waals surface area contributed by atoms with E-state index in [0.717, 1.165) is 83.5 Å². The van der Waals surface area contributed by atoms with Gasteiger partial charge in [0.15, 0.2) is 5.96 Å². The molecule has 2 aromatic rings. The number of furan rings is 1. The SMILES string of the molecule is CC(OCCCN=C(NCCCN1CCOCC1)NCCc1ccco1)c1ccccc1. The third-order valence-corrected chi connectivity index (χ3v) is 5.50. The Morgan fingerprint density at radius 2 is 1.88 bits per heavy atom. The summed E-state index contributed by atoms with van der Waals surface area (Å²) >= 11 is 0. The number of rotatable bonds is 13. The summed E-state index contributed by atoms with van der Waals surface area (Å²) in [7, 11) is 0. The van der Waals surface area contributed by atoms with Gasteiger partial charge in [-0.3, -0.25) is 9.89 Å². The first-order valence-corrected chi connectivity index (χ1v) is 11.8. The van der Waals surface area contributed by atoms with Crippen LogP contribution in [-0.4, -0.2) is 69.9 Å². The van der Waals surface area contributed by atoms with Crippen molar-refractivity contribution < 1.29 is 13.9 Å². The van der Waals surface area contributed by atoms with Crippen molar-refractivity contribution in [1.82, 2.24) is 15.5 Å². The van der Waals surface area contributed by atoms with E-state index in [0.29, 0.717) is 6.61 Å². The molecule has 1 atom stereocenters. The fraction of sp³-hybridized carbons (Fsp3) is 0.560. The Balaban J connectivity index is 1.36. The van der Waals surface area contributed by atoms with Crippen molar-refractivity contribution in [2.45, 2.75) is 32.3 Å². The Labute approximate surface area is 192 Å². The smallest absolute Gasteiger partial charge is 0.191 e. The van der Waals surface area contributed by atoms with Gasteiger partial charge in [-0.15, -0.1) is 0 Å². The van der Waals surface area contributed by atoms with Crippen molar-refractivity contribution in [3.05, 3.63) is 60.1 Å². The number of nitrogens with one attached hydrogen (secondary N) is 2. The van der Waals surface area contributed by atoms with Gasteiger partial charge < -0.3 is 24.5 Å². The van der Waals surface area contributed by atoms with Gasteiger partial charge in [-0.05, 0) is 44.0 Å². The quantitative estimate of drug-likeness (QED) is 0.282. The highest BCUT2D eigenvalue weighted by molar-refractivity contribution is 5.79. The van der Waals surface area contributed by atoms with Gasteiger partial charge in [0.25, 0.3) is 0 Å². The Bertz CT molecular complexity index is 746. The lowest BCUT2D eigenvalue weighted by Crippen LogP contribution is -2.41. The lowest BCUT2D eigenvalue weighted by atomic mass is 10.1. The van der Waals surface area contributed by atoms with Crippen LogP contribution in [0.4, 0.5) is 0 Å². The van der Waals surface area contributed by atoms with E-state index in [4.69, 9.17) is 18.9 Å². The molecule has 0 amide bonds. The van der Waals surface area contributed by atoms with E-state index in [1.54, 1.807) is 6.26 Å². The average molecular weight is 443 g/mol. The first-order valence-electron chi connectivity index (χ1n) is 11.8. The third-order valence-electron chi connectivity index (χ3n) is 5.50. The van der Waals surface area contributed by atoms with Crippen molar-refractivity contribution in [3.63, 3.8) is 0 Å². The van der Waals surface area contributed by atoms with E-state index in [9.17, 15) is 0 Å². The molecule has 7 heteroatoms. The van der Waals surface area contributed by atoms with E-state index in [-0.39, 0.29) is 6.10 Å². The molecule has 1 fully saturated rings. The van der Waals surface area contributed by atoms with Crippen molar-refractivity contribution in [2.24, 2.45) is 4.99 Å². The van der Waals surface area contributed by atoms with Gasteiger partial charge in [-0.2, -0.15) is 0 Å². The lowest BCUT2D eigenvalue weighted by molar-refractivity contribution is 0.0376. The number of benzene rings is 1. The summed E-state index contributed by atoms with van der Waals surface area (Å²) in [4.78, 5) is 7.20. The highest BCUT2D eigenvalue weighted by Crippen LogP contribution is 2.15. The second kappa shape index (κ2) is 14.7. The maximum atomic E-state index is 5.97. The fourth-order valence-corrected chi connectivity index (χ4v) is 3.60. The van der Waals surface area contributed by atoms with Gasteiger partial charge in [-0.1, -0.05) is 30.3 Å². The van der Waals surface area contributed by atoms with Gasteiger partial charge >= 0.3 is 0 Å². The first kappa shape index (κ1) is 24.3. The maximum Gasteiger partial charge on any atom is 0.191 e. The summed E-state index contributed by atoms with van der Waals surface area (Å²) in [6, 6.07) is 14.2. The lowest BCUT2D eigenvalue weighted by Gasteiger charge is -2.26. The Kier molecular flexibility index (Phi) is 11.1. The maximum absolute atomic E-state index is 5.97. The molecule has 2 N–H and O–H groups in total. The van der Waals surface area contributed by atoms with Crippen LogP contribution in [0.2, 0.25) is 0 Å². The minimum atomic E-state index is 0.101. The molecule has 3 rings (SSSR count). The number of hydrogen-bond acceptors (Lipinski definition) is 5. The van der Waals surface area contributed by atoms with E-state index >= 15 is 0 Å². The molecule has 7 nitrogen and oxygen atoms in total. The van der Waals surface area contributed by atoms with E-state index < -0.39 is 0 Å². The van der Waals surface area contributed by atoms with Crippen LogP contribution in [0.3, 0.4) is 0 Å². The molecule has 1 aliphatic rings. The van der Waals surface area contributed by atoms with Crippen LogP contribution in [0.5, 0.6) is 0 Å². The number of morpholine rings is 1. The summed E-state index contributed by atoms with van der Waals surface area (Å²) in [5.74, 6) is 1.84. The molecular weight excluding hydrogens is 404 g/mol. The van der Waals surface area contributed by atoms with Gasteiger partial charge in [0.1, 0.15) is 5.76 Å². The van der Waals surface area contributed by atoms with Crippen LogP contribution in [0.15, 0.2) is 58.1 Å². The molecule has 2 heterocycles. The summed E-state index contributed by atoms with van der Waals surface area (Å²) in [6.07, 6.45) is 4.61. The first-order chi connectivity index (χ1) is 15.8. The van der Waals surface area contributed by atoms with Crippen molar-refractivity contribution >= 4 is 5.96 Å². The number of guanidine groups is 1. The third kappa shape index (κ3) is 9.42. The molecule has 0 saturated carbocycles. The van der Waals surface area contributed by atoms with E-state index in [2.05, 4.69) is 34.6 Å². The summed E-state index contributed by atoms with van der Waals surface area (Å²) in [5.41, 5.74) is 1.21. The van der Waals surface area contributed by atoms with E-state index in [1.165, 1.54) is 5.56 Å². The Morgan fingerprint density at radius 3 is 2.66 bits per heavy atom. The predicted octanol–water partition coefficient (Wildman–Crippen LogP) is 3.25. The molecular formula is C25H38N4O3. The van der Waals surface area contributed by atoms with Crippen LogP contribution in [0.25, 0.3) is 0 Å². The van der Waals surface area contributed by atoms with Gasteiger partial charge in [0, 0.05) is 45.8 Å². The molecule has 1 saturated heterocycles. The van der Waals surface area contributed by atoms with Gasteiger partial charge in [0.2, 0.25) is 0 Å². The minimum absolute atomic E-state index is 0.101. The second-order valence-corrected chi connectivity index (χ2v) is 8.00. The number of hydrogen-bond donors (Lipinski definition) is 2. The van der Waals surface area contributed by atoms with Crippen LogP contribution in [0.1, 0.15) is 37.2 Å². The molecule has 1 aliphatic heterocycles. The molecule has 1 unspecified atom stereocenters. The van der Waals surface area contributed by atoms with Crippen LogP contribution >= 0.6 is 0 Å². The van der Waals surface area contributed by atoms with Crippen LogP contribution in [0, 0.1) is 0 Å². The molecule has 0 aliphatic carbocycles. The Morgan fingerprint density at radius 1 is 1.06 bits per heavy atom. The molecule has 1 aromatic heterocycles. The molecule has 1 aromatic carbocycles. The number of nitrogens with zero attached hydrogens (tertiary/aromatic N) is 2. The van der Waals surface area contributed by atoms with Gasteiger partial charge in [0.05, 0.1) is 25.6 Å². The minimum Gasteiger partial charge on any atom is -0.469 e. The van der Waals surface area contributed by atoms with Crippen LogP contribution in [-0.2, 0) is 15.9 Å². The standard InChI is InChI=1S/C25H38N4O3/c1-22(23-8-3-2-4-9-23)31-19-7-13-27-25(28-14-11-24-10-5-18-32-24)26-12-6-15-29-16-20-30-21-17-29/h2-5,8-10,18,22H,6-7,11-17,19-21H2,1H3,(H2,26,27,28). The zero-order valence-electron chi connectivity index (χ0n) is 19.3. The zero-order valence-corrected chi connectivity index (χ0v) is 19.3. The predicted molar refractivity (Wildman–Crippen MR) is 128 cm³/mol. The largest absolute Gasteiger partial charge is 0.469 e. The fourth-order valence-electron chi connectivity index (χ4n) is 3.60. The molecule has 0 bridgehead atoms. The van der Waals surface area contributed by atoms with Crippen molar-refractivity contribution in [1.29, 1.82) is 0 Å². The molecule has 0 radical (unpaired) electrons. The second-order valence-electron chi connectivity index (χ2n) is 8.00. The average Bonchev–Trinajstić information content (AvgIpc) is 3.36. The Hall–Kier alpha value is -2.35. The summed E-state index contributed by atoms with van der Waals surface area (Å²) in [5, 5.41) is 6.90. The highest BCUT2D eigenvalue weighted by atomic mass is 16.5. The summed E-state index contributed by atoms with van der Waals surface area (Å²) in [6.45, 7) is 10.0. The molecule has 176 valence electrons. The van der Waals surface area contributed by atoms with Crippen LogP contribution < -0.4 is 10.6 Å². The topological polar surface area (TPSA) is 71.3 Å². The normalized spacial score (nSPS) is 16.1. The molecule has 0 spiro atoms. The van der Waals surface area contributed by atoms with Gasteiger partial charge in [-0.25, -0.2) is 0 Å². The monoisotopic (exact) mass is 442 g/mol. The van der Waals surface area contributed by atoms with E-state index in [1.807, 2.05) is 30.3 Å². The highest BCUT2D eigenvalue weighted by Gasteiger charge is 2.09. The number of ether oxygens (including phenoxy) is 2. The number of aliphatic imine (C=N–C) groups is 1. The zero-order chi connectivity index (χ0) is 22.3. The molecule has 32 heavy (non-hydrogen) atoms. The van der Waals surface area contributed by atoms with Crippen molar-refractivity contribution in [3.8, 4) is 0 Å².